The average Bonchev–Trinajstić information content (AvgIpc) is 2.67. The van der Waals surface area contributed by atoms with Crippen molar-refractivity contribution in [2.75, 3.05) is 30.8 Å². The molecule has 0 heterocycles. The molecule has 0 aliphatic rings. The van der Waals surface area contributed by atoms with Crippen molar-refractivity contribution in [1.29, 1.82) is 0 Å². The van der Waals surface area contributed by atoms with Crippen LogP contribution in [0.2, 0.25) is 0 Å². The molecule has 0 aromatic heterocycles. The molecule has 2 rings (SSSR count). The smallest absolute Gasteiger partial charge is 0.223 e. The summed E-state index contributed by atoms with van der Waals surface area (Å²) in [6.45, 7) is 3.28. The number of nitrogens with zero attached hydrogens (tertiary/aromatic N) is 1. The number of unbranched alkanes of at least 4 members (excludes halogenated alkanes) is 1. The quantitative estimate of drug-likeness (QED) is 0.530. The van der Waals surface area contributed by atoms with E-state index < -0.39 is 16.9 Å². The first-order chi connectivity index (χ1) is 13.4. The summed E-state index contributed by atoms with van der Waals surface area (Å²) in [5.41, 5.74) is 1.51. The van der Waals surface area contributed by atoms with Crippen LogP contribution >= 0.6 is 0 Å². The van der Waals surface area contributed by atoms with Gasteiger partial charge in [-0.3, -0.25) is 9.00 Å². The lowest BCUT2D eigenvalue weighted by atomic mass is 10.1. The molecule has 0 bridgehead atoms. The maximum atomic E-state index is 11.8. The van der Waals surface area contributed by atoms with E-state index >= 15 is 0 Å². The van der Waals surface area contributed by atoms with Crippen molar-refractivity contribution < 1.29 is 19.2 Å². The van der Waals surface area contributed by atoms with E-state index in [0.717, 1.165) is 18.5 Å². The van der Waals surface area contributed by atoms with Crippen molar-refractivity contribution in [3.8, 4) is 5.75 Å². The molecule has 0 aliphatic heterocycles. The number of para-hydroxylation sites is 1. The van der Waals surface area contributed by atoms with Gasteiger partial charge in [-0.1, -0.05) is 24.3 Å². The van der Waals surface area contributed by atoms with Crippen molar-refractivity contribution >= 4 is 22.4 Å². The second-order valence-electron chi connectivity index (χ2n) is 6.61. The molecule has 0 radical (unpaired) electrons. The van der Waals surface area contributed by atoms with Gasteiger partial charge in [0.05, 0.1) is 21.8 Å². The number of nitrogens with one attached hydrogen (secondary N) is 1. The number of amides is 1. The van der Waals surface area contributed by atoms with E-state index in [1.54, 1.807) is 24.0 Å². The molecule has 3 N–H and O–H groups in total. The first kappa shape index (κ1) is 22.1. The number of benzene rings is 2. The fraction of sp³-hybridized carbons (Fsp3) is 0.381. The largest absolute Gasteiger partial charge is 0.507 e. The van der Waals surface area contributed by atoms with E-state index in [9.17, 15) is 19.2 Å². The third kappa shape index (κ3) is 6.44. The molecule has 0 aliphatic carbocycles. The van der Waals surface area contributed by atoms with Crippen LogP contribution in [0.5, 0.6) is 5.75 Å². The Morgan fingerprint density at radius 3 is 2.54 bits per heavy atom. The van der Waals surface area contributed by atoms with Gasteiger partial charge in [0.1, 0.15) is 5.75 Å². The summed E-state index contributed by atoms with van der Waals surface area (Å²) < 4.78 is 11.6. The fourth-order valence-electron chi connectivity index (χ4n) is 2.92. The highest BCUT2D eigenvalue weighted by molar-refractivity contribution is 7.84. The molecular formula is C21H28N2O4S. The van der Waals surface area contributed by atoms with Gasteiger partial charge in [-0.25, -0.2) is 0 Å². The zero-order chi connectivity index (χ0) is 20.5. The van der Waals surface area contributed by atoms with Crippen molar-refractivity contribution in [1.82, 2.24) is 5.32 Å². The SMILES string of the molecule is CC(=O)N(CCCCNCC(O)c1ccc(O)c(S(C)=O)c1)c1ccccc1. The minimum atomic E-state index is -1.32. The summed E-state index contributed by atoms with van der Waals surface area (Å²) in [5, 5.41) is 23.2. The lowest BCUT2D eigenvalue weighted by Crippen LogP contribution is -2.30. The third-order valence-corrected chi connectivity index (χ3v) is 5.40. The molecule has 2 unspecified atom stereocenters. The predicted molar refractivity (Wildman–Crippen MR) is 112 cm³/mol. The molecule has 152 valence electrons. The van der Waals surface area contributed by atoms with Gasteiger partial charge in [-0.05, 0) is 49.2 Å². The van der Waals surface area contributed by atoms with Gasteiger partial charge in [0.15, 0.2) is 0 Å². The molecule has 28 heavy (non-hydrogen) atoms. The Balaban J connectivity index is 1.74. The second-order valence-corrected chi connectivity index (χ2v) is 7.96. The normalized spacial score (nSPS) is 13.1. The van der Waals surface area contributed by atoms with Crippen molar-refractivity contribution in [2.45, 2.75) is 30.8 Å². The van der Waals surface area contributed by atoms with Crippen LogP contribution in [0.4, 0.5) is 5.69 Å². The van der Waals surface area contributed by atoms with Gasteiger partial charge in [0.25, 0.3) is 0 Å². The molecule has 7 heteroatoms. The Kier molecular flexibility index (Phi) is 8.63. The van der Waals surface area contributed by atoms with Gasteiger partial charge in [0, 0.05) is 32.0 Å². The van der Waals surface area contributed by atoms with Crippen LogP contribution in [0.15, 0.2) is 53.4 Å². The van der Waals surface area contributed by atoms with E-state index in [1.165, 1.54) is 12.3 Å². The second kappa shape index (κ2) is 10.9. The van der Waals surface area contributed by atoms with Gasteiger partial charge in [0.2, 0.25) is 5.91 Å². The standard InChI is InChI=1S/C21H28N2O4S/c1-16(24)23(18-8-4-3-5-9-18)13-7-6-12-22-15-20(26)17-10-11-19(25)21(14-17)28(2)27/h3-5,8-11,14,20,22,25-26H,6-7,12-13,15H2,1-2H3. The number of aromatic hydroxyl groups is 1. The van der Waals surface area contributed by atoms with Crippen LogP contribution < -0.4 is 10.2 Å². The highest BCUT2D eigenvalue weighted by Crippen LogP contribution is 2.24. The van der Waals surface area contributed by atoms with Crippen molar-refractivity contribution in [2.24, 2.45) is 0 Å². The number of rotatable bonds is 10. The molecule has 1 amide bonds. The van der Waals surface area contributed by atoms with Crippen LogP contribution in [0.1, 0.15) is 31.4 Å². The summed E-state index contributed by atoms with van der Waals surface area (Å²) in [5.74, 6) is -0.00999. The minimum Gasteiger partial charge on any atom is -0.507 e. The zero-order valence-corrected chi connectivity index (χ0v) is 17.1. The lowest BCUT2D eigenvalue weighted by molar-refractivity contribution is -0.116. The maximum Gasteiger partial charge on any atom is 0.223 e. The highest BCUT2D eigenvalue weighted by Gasteiger charge is 2.13. The molecule has 0 fully saturated rings. The van der Waals surface area contributed by atoms with Gasteiger partial charge >= 0.3 is 0 Å². The zero-order valence-electron chi connectivity index (χ0n) is 16.3. The first-order valence-electron chi connectivity index (χ1n) is 9.28. The Morgan fingerprint density at radius 2 is 1.89 bits per heavy atom. The maximum absolute atomic E-state index is 11.8. The Hall–Kier alpha value is -2.22. The van der Waals surface area contributed by atoms with E-state index in [-0.39, 0.29) is 11.7 Å². The summed E-state index contributed by atoms with van der Waals surface area (Å²) in [7, 11) is -1.32. The van der Waals surface area contributed by atoms with Crippen LogP contribution in [-0.4, -0.2) is 46.2 Å². The molecule has 0 saturated carbocycles. The summed E-state index contributed by atoms with van der Waals surface area (Å²) in [6, 6.07) is 14.2. The van der Waals surface area contributed by atoms with E-state index in [4.69, 9.17) is 0 Å². The Bertz CT molecular complexity index is 798. The first-order valence-corrected chi connectivity index (χ1v) is 10.8. The molecule has 6 nitrogen and oxygen atoms in total. The topological polar surface area (TPSA) is 89.9 Å². The molecule has 2 aromatic rings. The van der Waals surface area contributed by atoms with Gasteiger partial charge in [-0.2, -0.15) is 0 Å². The van der Waals surface area contributed by atoms with E-state index in [0.29, 0.717) is 30.1 Å². The van der Waals surface area contributed by atoms with Crippen molar-refractivity contribution in [3.63, 3.8) is 0 Å². The van der Waals surface area contributed by atoms with Crippen LogP contribution in [0, 0.1) is 0 Å². The summed E-state index contributed by atoms with van der Waals surface area (Å²) in [4.78, 5) is 13.9. The minimum absolute atomic E-state index is 0.0195. The van der Waals surface area contributed by atoms with Gasteiger partial charge < -0.3 is 20.4 Å². The van der Waals surface area contributed by atoms with Crippen LogP contribution in [-0.2, 0) is 15.6 Å². The van der Waals surface area contributed by atoms with Crippen LogP contribution in [0.3, 0.4) is 0 Å². The number of phenols is 1. The van der Waals surface area contributed by atoms with E-state index in [2.05, 4.69) is 5.32 Å². The number of hydrogen-bond acceptors (Lipinski definition) is 5. The monoisotopic (exact) mass is 404 g/mol. The molecule has 0 spiro atoms. The van der Waals surface area contributed by atoms with Crippen LogP contribution in [0.25, 0.3) is 0 Å². The summed E-state index contributed by atoms with van der Waals surface area (Å²) in [6.07, 6.45) is 2.45. The number of carbonyl (C=O) groups is 1. The Labute approximate surface area is 168 Å². The number of aliphatic hydroxyl groups excluding tert-OH is 1. The number of carbonyl (C=O) groups excluding carboxylic acids is 1. The Morgan fingerprint density at radius 1 is 1.18 bits per heavy atom. The third-order valence-electron chi connectivity index (χ3n) is 4.45. The average molecular weight is 405 g/mol. The summed E-state index contributed by atoms with van der Waals surface area (Å²) >= 11 is 0. The highest BCUT2D eigenvalue weighted by atomic mass is 32.2. The fourth-order valence-corrected chi connectivity index (χ4v) is 3.59. The molecule has 0 saturated heterocycles. The predicted octanol–water partition coefficient (Wildman–Crippen LogP) is 2.59. The number of phenolic OH excluding ortho intramolecular Hbond substituents is 1. The molecule has 2 aromatic carbocycles. The van der Waals surface area contributed by atoms with E-state index in [1.807, 2.05) is 30.3 Å². The number of hydrogen-bond donors (Lipinski definition) is 3. The van der Waals surface area contributed by atoms with Crippen molar-refractivity contribution in [3.05, 3.63) is 54.1 Å². The number of anilines is 1. The van der Waals surface area contributed by atoms with Gasteiger partial charge in [-0.15, -0.1) is 0 Å². The lowest BCUT2D eigenvalue weighted by Gasteiger charge is -2.21. The molecular weight excluding hydrogens is 376 g/mol. The molecule has 2 atom stereocenters. The number of aliphatic hydroxyl groups is 1.